The Bertz CT molecular complexity index is 344. The largest absolute Gasteiger partial charge is 0.504 e. The van der Waals surface area contributed by atoms with Crippen molar-refractivity contribution in [3.63, 3.8) is 0 Å². The molecule has 0 fully saturated rings. The number of nitrogens with one attached hydrogen (secondary N) is 1. The second-order valence-electron chi connectivity index (χ2n) is 4.05. The Hall–Kier alpha value is -0.870. The van der Waals surface area contributed by atoms with Crippen molar-refractivity contribution >= 4 is 11.8 Å². The van der Waals surface area contributed by atoms with Crippen LogP contribution in [0.2, 0.25) is 0 Å². The van der Waals surface area contributed by atoms with Crippen LogP contribution in [0.3, 0.4) is 0 Å². The van der Waals surface area contributed by atoms with Crippen LogP contribution in [0.5, 0.6) is 11.5 Å². The molecule has 96 valence electrons. The second kappa shape index (κ2) is 7.45. The van der Waals surface area contributed by atoms with Gasteiger partial charge in [0.15, 0.2) is 11.5 Å². The zero-order chi connectivity index (χ0) is 12.7. The van der Waals surface area contributed by atoms with Crippen LogP contribution in [0.15, 0.2) is 18.2 Å². The average molecular weight is 255 g/mol. The monoisotopic (exact) mass is 255 g/mol. The normalized spacial score (nSPS) is 12.6. The number of thioether (sulfide) groups is 1. The van der Waals surface area contributed by atoms with Gasteiger partial charge in [-0.25, -0.2) is 0 Å². The maximum Gasteiger partial charge on any atom is 0.161 e. The molecule has 0 aliphatic heterocycles. The Kier molecular flexibility index (Phi) is 6.22. The highest BCUT2D eigenvalue weighted by atomic mass is 32.2. The lowest BCUT2D eigenvalue weighted by molar-refractivity contribution is 0.396. The molecular formula is C13H21NO2S. The lowest BCUT2D eigenvalue weighted by Gasteiger charge is -2.14. The highest BCUT2D eigenvalue weighted by Gasteiger charge is 2.07. The van der Waals surface area contributed by atoms with E-state index in [0.29, 0.717) is 12.6 Å². The number of aromatic hydroxyl groups is 2. The van der Waals surface area contributed by atoms with Crippen molar-refractivity contribution in [3.05, 3.63) is 23.8 Å². The fourth-order valence-corrected chi connectivity index (χ4v) is 2.32. The van der Waals surface area contributed by atoms with Crippen molar-refractivity contribution in [3.8, 4) is 11.5 Å². The molecule has 1 atom stereocenters. The van der Waals surface area contributed by atoms with Crippen LogP contribution in [-0.4, -0.2) is 27.8 Å². The summed E-state index contributed by atoms with van der Waals surface area (Å²) in [5, 5.41) is 22.3. The predicted molar refractivity (Wildman–Crippen MR) is 73.7 cm³/mol. The van der Waals surface area contributed by atoms with Gasteiger partial charge in [0, 0.05) is 18.2 Å². The summed E-state index contributed by atoms with van der Waals surface area (Å²) in [4.78, 5) is 0. The number of phenolic OH excluding ortho intramolecular Hbond substituents is 2. The Labute approximate surface area is 107 Å². The van der Waals surface area contributed by atoms with E-state index in [2.05, 4.69) is 19.2 Å². The molecule has 0 radical (unpaired) electrons. The first-order chi connectivity index (χ1) is 8.15. The van der Waals surface area contributed by atoms with E-state index in [4.69, 9.17) is 0 Å². The number of rotatable bonds is 7. The minimum Gasteiger partial charge on any atom is -0.504 e. The molecule has 1 aromatic rings. The highest BCUT2D eigenvalue weighted by Crippen LogP contribution is 2.27. The van der Waals surface area contributed by atoms with Gasteiger partial charge in [-0.1, -0.05) is 19.1 Å². The Balaban J connectivity index is 2.37. The molecule has 0 bridgehead atoms. The van der Waals surface area contributed by atoms with Crippen LogP contribution in [0.4, 0.5) is 0 Å². The van der Waals surface area contributed by atoms with Gasteiger partial charge in [-0.3, -0.25) is 0 Å². The summed E-state index contributed by atoms with van der Waals surface area (Å²) in [5.74, 6) is 2.23. The maximum absolute atomic E-state index is 9.63. The topological polar surface area (TPSA) is 52.5 Å². The third-order valence-electron chi connectivity index (χ3n) is 2.64. The standard InChI is InChI=1S/C13H21NO2S/c1-3-17-8-7-10(2)14-9-11-5-4-6-12(15)13(11)16/h4-6,10,14-16H,3,7-9H2,1-2H3. The van der Waals surface area contributed by atoms with Crippen molar-refractivity contribution in [2.75, 3.05) is 11.5 Å². The van der Waals surface area contributed by atoms with E-state index in [1.807, 2.05) is 17.8 Å². The van der Waals surface area contributed by atoms with Gasteiger partial charge in [-0.15, -0.1) is 0 Å². The smallest absolute Gasteiger partial charge is 0.161 e. The quantitative estimate of drug-likeness (QED) is 0.518. The molecule has 0 saturated heterocycles. The Morgan fingerprint density at radius 3 is 2.82 bits per heavy atom. The third-order valence-corrected chi connectivity index (χ3v) is 3.57. The van der Waals surface area contributed by atoms with Gasteiger partial charge in [0.05, 0.1) is 0 Å². The number of para-hydroxylation sites is 1. The van der Waals surface area contributed by atoms with Gasteiger partial charge < -0.3 is 15.5 Å². The molecular weight excluding hydrogens is 234 g/mol. The number of hydrogen-bond donors (Lipinski definition) is 3. The fraction of sp³-hybridized carbons (Fsp3) is 0.538. The lowest BCUT2D eigenvalue weighted by Crippen LogP contribution is -2.26. The molecule has 0 aliphatic carbocycles. The molecule has 0 heterocycles. The van der Waals surface area contributed by atoms with Crippen LogP contribution in [-0.2, 0) is 6.54 Å². The van der Waals surface area contributed by atoms with Gasteiger partial charge in [0.25, 0.3) is 0 Å². The molecule has 17 heavy (non-hydrogen) atoms. The average Bonchev–Trinajstić information content (AvgIpc) is 2.31. The molecule has 3 N–H and O–H groups in total. The molecule has 0 spiro atoms. The van der Waals surface area contributed by atoms with Gasteiger partial charge in [-0.05, 0) is 30.9 Å². The van der Waals surface area contributed by atoms with E-state index in [1.165, 1.54) is 6.07 Å². The van der Waals surface area contributed by atoms with E-state index in [1.54, 1.807) is 6.07 Å². The SMILES string of the molecule is CCSCCC(C)NCc1cccc(O)c1O. The van der Waals surface area contributed by atoms with Crippen molar-refractivity contribution < 1.29 is 10.2 Å². The minimum atomic E-state index is -0.0570. The van der Waals surface area contributed by atoms with Crippen LogP contribution in [0.1, 0.15) is 25.8 Å². The van der Waals surface area contributed by atoms with Crippen molar-refractivity contribution in [2.45, 2.75) is 32.9 Å². The van der Waals surface area contributed by atoms with Gasteiger partial charge in [-0.2, -0.15) is 11.8 Å². The molecule has 1 aromatic carbocycles. The van der Waals surface area contributed by atoms with Crippen LogP contribution < -0.4 is 5.32 Å². The molecule has 0 saturated carbocycles. The first-order valence-corrected chi connectivity index (χ1v) is 7.11. The molecule has 0 aliphatic rings. The Morgan fingerprint density at radius 1 is 1.35 bits per heavy atom. The van der Waals surface area contributed by atoms with Crippen LogP contribution in [0.25, 0.3) is 0 Å². The van der Waals surface area contributed by atoms with Gasteiger partial charge in [0.2, 0.25) is 0 Å². The van der Waals surface area contributed by atoms with E-state index < -0.39 is 0 Å². The van der Waals surface area contributed by atoms with Gasteiger partial charge >= 0.3 is 0 Å². The zero-order valence-corrected chi connectivity index (χ0v) is 11.3. The Morgan fingerprint density at radius 2 is 2.12 bits per heavy atom. The number of phenols is 2. The molecule has 1 rings (SSSR count). The summed E-state index contributed by atoms with van der Waals surface area (Å²) >= 11 is 1.93. The molecule has 4 heteroatoms. The van der Waals surface area contributed by atoms with Crippen LogP contribution >= 0.6 is 11.8 Å². The predicted octanol–water partition coefficient (Wildman–Crippen LogP) is 2.72. The summed E-state index contributed by atoms with van der Waals surface area (Å²) in [6.07, 6.45) is 1.11. The summed E-state index contributed by atoms with van der Waals surface area (Å²) in [7, 11) is 0. The first-order valence-electron chi connectivity index (χ1n) is 5.96. The number of benzene rings is 1. The van der Waals surface area contributed by atoms with Crippen molar-refractivity contribution in [1.82, 2.24) is 5.32 Å². The first kappa shape index (κ1) is 14.2. The molecule has 0 aromatic heterocycles. The lowest BCUT2D eigenvalue weighted by atomic mass is 10.1. The van der Waals surface area contributed by atoms with E-state index in [0.717, 1.165) is 23.5 Å². The maximum atomic E-state index is 9.63. The minimum absolute atomic E-state index is 0.0184. The van der Waals surface area contributed by atoms with E-state index in [-0.39, 0.29) is 11.5 Å². The highest BCUT2D eigenvalue weighted by molar-refractivity contribution is 7.99. The fourth-order valence-electron chi connectivity index (χ4n) is 1.51. The van der Waals surface area contributed by atoms with Gasteiger partial charge in [0.1, 0.15) is 0 Å². The zero-order valence-electron chi connectivity index (χ0n) is 10.4. The molecule has 1 unspecified atom stereocenters. The number of hydrogen-bond acceptors (Lipinski definition) is 4. The van der Waals surface area contributed by atoms with Crippen LogP contribution in [0, 0.1) is 0 Å². The summed E-state index contributed by atoms with van der Waals surface area (Å²) in [6.45, 7) is 4.88. The summed E-state index contributed by atoms with van der Waals surface area (Å²) in [6, 6.07) is 5.45. The van der Waals surface area contributed by atoms with E-state index >= 15 is 0 Å². The third kappa shape index (κ3) is 4.88. The molecule has 3 nitrogen and oxygen atoms in total. The van der Waals surface area contributed by atoms with E-state index in [9.17, 15) is 10.2 Å². The summed E-state index contributed by atoms with van der Waals surface area (Å²) in [5.41, 5.74) is 0.736. The van der Waals surface area contributed by atoms with Crippen molar-refractivity contribution in [2.24, 2.45) is 0 Å². The van der Waals surface area contributed by atoms with Crippen molar-refractivity contribution in [1.29, 1.82) is 0 Å². The second-order valence-corrected chi connectivity index (χ2v) is 5.45. The molecule has 0 amide bonds. The summed E-state index contributed by atoms with van der Waals surface area (Å²) < 4.78 is 0.